The number of esters is 2. The lowest BCUT2D eigenvalue weighted by molar-refractivity contribution is -0.150. The highest BCUT2D eigenvalue weighted by Gasteiger charge is 2.26. The normalized spacial score (nSPS) is 12.4. The number of carbonyl (C=O) groups excluding carboxylic acids is 3. The number of hydrogen-bond donors (Lipinski definition) is 0. The van der Waals surface area contributed by atoms with Crippen molar-refractivity contribution in [1.82, 2.24) is 4.90 Å². The number of rotatable bonds is 33. The summed E-state index contributed by atoms with van der Waals surface area (Å²) in [5.74, 6) is -1.08. The maximum atomic E-state index is 12.7. The van der Waals surface area contributed by atoms with Crippen LogP contribution in [0, 0.1) is 11.3 Å². The van der Waals surface area contributed by atoms with Gasteiger partial charge in [0.15, 0.2) is 0 Å². The van der Waals surface area contributed by atoms with E-state index in [9.17, 15) is 14.4 Å². The lowest BCUT2D eigenvalue weighted by atomic mass is 9.75. The first-order chi connectivity index (χ1) is 23.8. The molecule has 0 aromatic heterocycles. The molecule has 0 saturated heterocycles. The van der Waals surface area contributed by atoms with Gasteiger partial charge in [0.1, 0.15) is 19.8 Å². The predicted octanol–water partition coefficient (Wildman–Crippen LogP) is 10.6. The summed E-state index contributed by atoms with van der Waals surface area (Å²) in [4.78, 5) is 39.6. The summed E-state index contributed by atoms with van der Waals surface area (Å²) in [6.07, 6.45) is 27.3. The van der Waals surface area contributed by atoms with E-state index in [1.807, 2.05) is 6.08 Å². The van der Waals surface area contributed by atoms with Gasteiger partial charge in [0, 0.05) is 19.4 Å². The SMILES string of the molecule is C=CCC(CC)(CC)CCC(=O)OCC(COC(=O)CCCCCCC/C=C\C/C=C\CCCCC)COC(=O)OCCCN(CC)CC. The lowest BCUT2D eigenvalue weighted by Gasteiger charge is -2.30. The molecular formula is C41H73NO7. The van der Waals surface area contributed by atoms with E-state index in [1.165, 1.54) is 25.7 Å². The summed E-state index contributed by atoms with van der Waals surface area (Å²) < 4.78 is 21.6. The minimum absolute atomic E-state index is 0.00223. The van der Waals surface area contributed by atoms with Crippen LogP contribution in [-0.4, -0.2) is 69.1 Å². The van der Waals surface area contributed by atoms with E-state index >= 15 is 0 Å². The molecule has 0 N–H and O–H groups in total. The number of hydrogen-bond acceptors (Lipinski definition) is 8. The van der Waals surface area contributed by atoms with Gasteiger partial charge in [-0.2, -0.15) is 0 Å². The largest absolute Gasteiger partial charge is 0.508 e. The highest BCUT2D eigenvalue weighted by Crippen LogP contribution is 2.36. The van der Waals surface area contributed by atoms with Gasteiger partial charge in [-0.15, -0.1) is 6.58 Å². The topological polar surface area (TPSA) is 91.4 Å². The van der Waals surface area contributed by atoms with E-state index in [4.69, 9.17) is 18.9 Å². The van der Waals surface area contributed by atoms with Gasteiger partial charge >= 0.3 is 18.1 Å². The van der Waals surface area contributed by atoms with Crippen molar-refractivity contribution in [3.05, 3.63) is 37.0 Å². The predicted molar refractivity (Wildman–Crippen MR) is 202 cm³/mol. The summed E-state index contributed by atoms with van der Waals surface area (Å²) in [6, 6.07) is 0. The third-order valence-corrected chi connectivity index (χ3v) is 9.40. The van der Waals surface area contributed by atoms with Gasteiger partial charge in [-0.25, -0.2) is 4.79 Å². The zero-order valence-electron chi connectivity index (χ0n) is 32.2. The van der Waals surface area contributed by atoms with Gasteiger partial charge in [0.05, 0.1) is 12.5 Å². The summed E-state index contributed by atoms with van der Waals surface area (Å²) in [5.41, 5.74) is 0.0374. The molecule has 0 amide bonds. The van der Waals surface area contributed by atoms with Crippen molar-refractivity contribution in [3.63, 3.8) is 0 Å². The Bertz CT molecular complexity index is 892. The second-order valence-electron chi connectivity index (χ2n) is 13.2. The van der Waals surface area contributed by atoms with Crippen LogP contribution in [0.3, 0.4) is 0 Å². The number of ether oxygens (including phenoxy) is 4. The van der Waals surface area contributed by atoms with E-state index in [2.05, 4.69) is 70.4 Å². The van der Waals surface area contributed by atoms with Crippen molar-refractivity contribution in [1.29, 1.82) is 0 Å². The van der Waals surface area contributed by atoms with Crippen molar-refractivity contribution in [2.75, 3.05) is 46.1 Å². The highest BCUT2D eigenvalue weighted by molar-refractivity contribution is 5.70. The molecule has 0 bridgehead atoms. The van der Waals surface area contributed by atoms with Crippen LogP contribution in [0.4, 0.5) is 4.79 Å². The fourth-order valence-electron chi connectivity index (χ4n) is 5.67. The molecule has 284 valence electrons. The second kappa shape index (κ2) is 32.6. The van der Waals surface area contributed by atoms with Crippen LogP contribution in [0.1, 0.15) is 150 Å². The van der Waals surface area contributed by atoms with Gasteiger partial charge in [-0.1, -0.05) is 110 Å². The van der Waals surface area contributed by atoms with Crippen LogP contribution >= 0.6 is 0 Å². The molecule has 1 unspecified atom stereocenters. The van der Waals surface area contributed by atoms with E-state index < -0.39 is 12.1 Å². The smallest absolute Gasteiger partial charge is 0.465 e. The molecule has 0 spiro atoms. The molecule has 0 radical (unpaired) electrons. The zero-order valence-corrected chi connectivity index (χ0v) is 32.2. The first-order valence-electron chi connectivity index (χ1n) is 19.5. The molecule has 49 heavy (non-hydrogen) atoms. The molecular weight excluding hydrogens is 618 g/mol. The number of nitrogens with zero attached hydrogens (tertiary/aromatic N) is 1. The van der Waals surface area contributed by atoms with Crippen LogP contribution in [0.15, 0.2) is 37.0 Å². The van der Waals surface area contributed by atoms with E-state index in [0.717, 1.165) is 83.8 Å². The molecule has 0 aromatic carbocycles. The van der Waals surface area contributed by atoms with Crippen molar-refractivity contribution < 1.29 is 33.3 Å². The molecule has 0 aliphatic heterocycles. The zero-order chi connectivity index (χ0) is 36.4. The van der Waals surface area contributed by atoms with Crippen molar-refractivity contribution in [2.45, 2.75) is 150 Å². The maximum Gasteiger partial charge on any atom is 0.508 e. The summed E-state index contributed by atoms with van der Waals surface area (Å²) in [6.45, 7) is 17.5. The average Bonchev–Trinajstić information content (AvgIpc) is 3.11. The fourth-order valence-corrected chi connectivity index (χ4v) is 5.67. The molecule has 0 aliphatic carbocycles. The van der Waals surface area contributed by atoms with Gasteiger partial charge in [-0.3, -0.25) is 9.59 Å². The Kier molecular flexibility index (Phi) is 30.9. The lowest BCUT2D eigenvalue weighted by Crippen LogP contribution is -2.28. The Morgan fingerprint density at radius 2 is 1.24 bits per heavy atom. The van der Waals surface area contributed by atoms with Crippen LogP contribution in [0.2, 0.25) is 0 Å². The van der Waals surface area contributed by atoms with Gasteiger partial charge in [0.25, 0.3) is 0 Å². The molecule has 0 rings (SSSR count). The van der Waals surface area contributed by atoms with Gasteiger partial charge in [0.2, 0.25) is 0 Å². The van der Waals surface area contributed by atoms with E-state index in [-0.39, 0.29) is 43.8 Å². The Labute approximate surface area is 300 Å². The minimum Gasteiger partial charge on any atom is -0.465 e. The number of unbranched alkanes of at least 4 members (excludes halogenated alkanes) is 8. The Morgan fingerprint density at radius 3 is 1.84 bits per heavy atom. The first-order valence-corrected chi connectivity index (χ1v) is 19.5. The summed E-state index contributed by atoms with van der Waals surface area (Å²) in [7, 11) is 0. The number of carbonyl (C=O) groups is 3. The van der Waals surface area contributed by atoms with Crippen molar-refractivity contribution in [2.24, 2.45) is 11.3 Å². The molecule has 8 nitrogen and oxygen atoms in total. The minimum atomic E-state index is -0.771. The quantitative estimate of drug-likeness (QED) is 0.0291. The molecule has 1 atom stereocenters. The highest BCUT2D eigenvalue weighted by atomic mass is 16.7. The van der Waals surface area contributed by atoms with Crippen LogP contribution < -0.4 is 0 Å². The van der Waals surface area contributed by atoms with Crippen molar-refractivity contribution >= 4 is 18.1 Å². The Hall–Kier alpha value is -2.61. The van der Waals surface area contributed by atoms with Crippen LogP contribution in [0.25, 0.3) is 0 Å². The standard InChI is InChI=1S/C41H73NO7/c1-7-13-14-15-16-17-18-19-20-21-22-23-24-25-26-28-38(43)47-34-37(36-49-40(45)46-33-27-32-42(11-5)12-6)35-48-39(44)29-31-41(9-3,10-4)30-8-2/h8,16-17,19-20,37H,2,7,9-15,18,21-36H2,1,3-6H3/b17-16-,20-19-. The molecule has 0 heterocycles. The number of allylic oxidation sites excluding steroid dienone is 5. The Morgan fingerprint density at radius 1 is 0.673 bits per heavy atom. The first kappa shape index (κ1) is 46.4. The van der Waals surface area contributed by atoms with Crippen molar-refractivity contribution in [3.8, 4) is 0 Å². The third-order valence-electron chi connectivity index (χ3n) is 9.40. The second-order valence-corrected chi connectivity index (χ2v) is 13.2. The fraction of sp³-hybridized carbons (Fsp3) is 0.780. The van der Waals surface area contributed by atoms with Crippen LogP contribution in [-0.2, 0) is 28.5 Å². The van der Waals surface area contributed by atoms with E-state index in [1.54, 1.807) is 0 Å². The van der Waals surface area contributed by atoms with Gasteiger partial charge in [-0.05, 0) is 76.3 Å². The maximum absolute atomic E-state index is 12.7. The molecule has 0 saturated carbocycles. The Balaban J connectivity index is 4.56. The molecule has 0 fully saturated rings. The average molecular weight is 692 g/mol. The molecule has 0 aromatic rings. The third kappa shape index (κ3) is 26.9. The monoisotopic (exact) mass is 692 g/mol. The summed E-state index contributed by atoms with van der Waals surface area (Å²) >= 11 is 0. The van der Waals surface area contributed by atoms with Gasteiger partial charge < -0.3 is 23.8 Å². The van der Waals surface area contributed by atoms with Crippen LogP contribution in [0.5, 0.6) is 0 Å². The van der Waals surface area contributed by atoms with E-state index in [0.29, 0.717) is 25.7 Å². The summed E-state index contributed by atoms with van der Waals surface area (Å²) in [5, 5.41) is 0. The molecule has 0 aliphatic rings. The molecule has 8 heteroatoms.